The van der Waals surface area contributed by atoms with E-state index in [1.807, 2.05) is 0 Å². The predicted octanol–water partition coefficient (Wildman–Crippen LogP) is 5.61. The third-order valence-electron chi connectivity index (χ3n) is 11.2. The van der Waals surface area contributed by atoms with Crippen LogP contribution in [0, 0.1) is 23.2 Å². The van der Waals surface area contributed by atoms with Crippen molar-refractivity contribution in [3.05, 3.63) is 29.3 Å². The van der Waals surface area contributed by atoms with Gasteiger partial charge in [0.2, 0.25) is 11.9 Å². The first-order valence-corrected chi connectivity index (χ1v) is 18.7. The van der Waals surface area contributed by atoms with Gasteiger partial charge < -0.3 is 38.8 Å². The van der Waals surface area contributed by atoms with Gasteiger partial charge in [-0.2, -0.15) is 0 Å². The number of hydrogen-bond donors (Lipinski definition) is 3. The van der Waals surface area contributed by atoms with Gasteiger partial charge in [0.15, 0.2) is 0 Å². The van der Waals surface area contributed by atoms with Gasteiger partial charge in [-0.15, -0.1) is 4.99 Å². The summed E-state index contributed by atoms with van der Waals surface area (Å²) in [5.74, 6) is -0.773. The van der Waals surface area contributed by atoms with E-state index >= 15 is 0 Å². The van der Waals surface area contributed by atoms with Crippen molar-refractivity contribution in [2.45, 2.75) is 130 Å². The number of carboxylic acid groups (broad SMARTS) is 1. The fourth-order valence-corrected chi connectivity index (χ4v) is 8.50. The smallest absolute Gasteiger partial charge is 0.482 e. The number of methoxy groups -OCH3 is 1. The molecule has 0 radical (unpaired) electrons. The summed E-state index contributed by atoms with van der Waals surface area (Å²) in [6, 6.07) is 4.96. The summed E-state index contributed by atoms with van der Waals surface area (Å²) in [6.07, 6.45) is 1.91. The summed E-state index contributed by atoms with van der Waals surface area (Å²) >= 11 is 0. The highest BCUT2D eigenvalue weighted by Crippen LogP contribution is 2.65. The lowest BCUT2D eigenvalue weighted by Crippen LogP contribution is -2.65. The van der Waals surface area contributed by atoms with Crippen molar-refractivity contribution in [3.8, 4) is 5.75 Å². The number of ether oxygens (including phenoxy) is 3. The number of aromatic carboxylic acids is 1. The van der Waals surface area contributed by atoms with E-state index in [2.05, 4.69) is 36.4 Å². The molecule has 53 heavy (non-hydrogen) atoms. The number of para-hydroxylation sites is 1. The van der Waals surface area contributed by atoms with Gasteiger partial charge in [0.25, 0.3) is 0 Å². The standard InChI is InChI=1S/C38H57BN4O10/c1-35(2,3)50-33(47)41-32(42-34(48)51-36(4,5)6)43-16-14-22(15-17-43)18-29(44)40-28(19-23-12-11-13-25(31(45)46)30(23)49-10)39-52-27-21-24-20-26(37(24,7)8)38(27,9)53-39/h11-13,22,24,26-28H,14-21H2,1-10H3,(H,40,44)(H,45,46)(H,41,42,47,48). The zero-order valence-electron chi connectivity index (χ0n) is 32.9. The Morgan fingerprint density at radius 2 is 1.70 bits per heavy atom. The van der Waals surface area contributed by atoms with E-state index < -0.39 is 48.0 Å². The van der Waals surface area contributed by atoms with Crippen molar-refractivity contribution < 1.29 is 47.8 Å². The van der Waals surface area contributed by atoms with Crippen molar-refractivity contribution in [1.29, 1.82) is 0 Å². The van der Waals surface area contributed by atoms with E-state index in [4.69, 9.17) is 23.5 Å². The topological polar surface area (TPSA) is 174 Å². The minimum atomic E-state index is -1.11. The van der Waals surface area contributed by atoms with Gasteiger partial charge in [0.05, 0.1) is 24.8 Å². The van der Waals surface area contributed by atoms with Crippen LogP contribution in [0.1, 0.15) is 110 Å². The molecule has 3 aliphatic carbocycles. The van der Waals surface area contributed by atoms with Crippen LogP contribution in [0.4, 0.5) is 9.59 Å². The van der Waals surface area contributed by atoms with Crippen molar-refractivity contribution in [1.82, 2.24) is 15.5 Å². The lowest BCUT2D eigenvalue weighted by atomic mass is 9.43. The van der Waals surface area contributed by atoms with Gasteiger partial charge in [-0.3, -0.25) is 10.1 Å². The summed E-state index contributed by atoms with van der Waals surface area (Å²) in [5.41, 5.74) is -1.24. The molecule has 2 bridgehead atoms. The SMILES string of the molecule is COc1c(CC(NC(=O)CC2CCN(C(=NC(=O)OC(C)(C)C)NC(=O)OC(C)(C)C)CC2)B2OC3CC4CC(C4(C)C)C3(C)O2)cccc1C(=O)O. The Hall–Kier alpha value is -3.85. The van der Waals surface area contributed by atoms with E-state index in [0.29, 0.717) is 43.3 Å². The molecule has 1 aromatic rings. The molecule has 2 saturated heterocycles. The van der Waals surface area contributed by atoms with Gasteiger partial charge in [-0.1, -0.05) is 26.0 Å². The maximum Gasteiger partial charge on any atom is 0.482 e. The second-order valence-corrected chi connectivity index (χ2v) is 17.7. The van der Waals surface area contributed by atoms with Crippen LogP contribution in [0.2, 0.25) is 0 Å². The fraction of sp³-hybridized carbons (Fsp3) is 0.711. The number of carbonyl (C=O) groups is 4. The first-order valence-electron chi connectivity index (χ1n) is 18.7. The summed E-state index contributed by atoms with van der Waals surface area (Å²) in [4.78, 5) is 57.0. The molecule has 5 aliphatic rings. The lowest BCUT2D eigenvalue weighted by Gasteiger charge is -2.64. The quantitative estimate of drug-likeness (QED) is 0.172. The highest BCUT2D eigenvalue weighted by molar-refractivity contribution is 6.48. The number of carbonyl (C=O) groups excluding carboxylic acids is 3. The summed E-state index contributed by atoms with van der Waals surface area (Å²) in [5, 5.41) is 15.6. The maximum absolute atomic E-state index is 13.8. The van der Waals surface area contributed by atoms with Gasteiger partial charge in [0, 0.05) is 19.5 Å². The normalized spacial score (nSPS) is 26.2. The third-order valence-corrected chi connectivity index (χ3v) is 11.2. The summed E-state index contributed by atoms with van der Waals surface area (Å²) in [6.45, 7) is 17.9. The molecule has 0 spiro atoms. The van der Waals surface area contributed by atoms with Crippen LogP contribution in [-0.2, 0) is 30.0 Å². The molecule has 0 aromatic heterocycles. The number of piperidine rings is 1. The van der Waals surface area contributed by atoms with Crippen LogP contribution in [0.25, 0.3) is 0 Å². The molecular weight excluding hydrogens is 683 g/mol. The van der Waals surface area contributed by atoms with E-state index in [1.54, 1.807) is 58.6 Å². The molecule has 14 nitrogen and oxygen atoms in total. The Morgan fingerprint density at radius 1 is 1.04 bits per heavy atom. The zero-order chi connectivity index (χ0) is 39.1. The second-order valence-electron chi connectivity index (χ2n) is 17.7. The number of benzene rings is 1. The molecular formula is C38H57BN4O10. The van der Waals surface area contributed by atoms with E-state index in [9.17, 15) is 24.3 Å². The monoisotopic (exact) mass is 740 g/mol. The average molecular weight is 741 g/mol. The van der Waals surface area contributed by atoms with Crippen LogP contribution >= 0.6 is 0 Å². The molecule has 15 heteroatoms. The van der Waals surface area contributed by atoms with Gasteiger partial charge in [-0.05, 0) is 115 Å². The molecule has 5 fully saturated rings. The fourth-order valence-electron chi connectivity index (χ4n) is 8.50. The first-order chi connectivity index (χ1) is 24.6. The molecule has 292 valence electrons. The minimum Gasteiger partial charge on any atom is -0.496 e. The van der Waals surface area contributed by atoms with Gasteiger partial charge >= 0.3 is 25.3 Å². The number of nitrogens with one attached hydrogen (secondary N) is 2. The Bertz CT molecular complexity index is 1600. The second kappa shape index (κ2) is 15.1. The molecule has 3 N–H and O–H groups in total. The molecule has 3 amide bonds. The number of aliphatic imine (C=N–C) groups is 1. The summed E-state index contributed by atoms with van der Waals surface area (Å²) < 4.78 is 29.7. The summed E-state index contributed by atoms with van der Waals surface area (Å²) in [7, 11) is 0.695. The molecule has 6 rings (SSSR count). The number of hydrogen-bond acceptors (Lipinski definition) is 9. The Balaban J connectivity index is 1.28. The van der Waals surface area contributed by atoms with E-state index in [-0.39, 0.29) is 53.5 Å². The molecule has 2 heterocycles. The number of guanidine groups is 1. The van der Waals surface area contributed by atoms with Crippen LogP contribution < -0.4 is 15.4 Å². The van der Waals surface area contributed by atoms with Crippen LogP contribution in [0.5, 0.6) is 5.75 Å². The lowest BCUT2D eigenvalue weighted by molar-refractivity contribution is -0.199. The van der Waals surface area contributed by atoms with Gasteiger partial charge in [-0.25, -0.2) is 14.4 Å². The highest BCUT2D eigenvalue weighted by atomic mass is 16.7. The zero-order valence-corrected chi connectivity index (χ0v) is 32.9. The van der Waals surface area contributed by atoms with Crippen molar-refractivity contribution >= 4 is 37.1 Å². The number of nitrogens with zero attached hydrogens (tertiary/aromatic N) is 2. The van der Waals surface area contributed by atoms with Crippen LogP contribution in [0.3, 0.4) is 0 Å². The Kier molecular flexibility index (Phi) is 11.5. The largest absolute Gasteiger partial charge is 0.496 e. The average Bonchev–Trinajstić information content (AvgIpc) is 3.40. The first kappa shape index (κ1) is 40.3. The van der Waals surface area contributed by atoms with Crippen molar-refractivity contribution in [2.24, 2.45) is 28.2 Å². The molecule has 5 unspecified atom stereocenters. The van der Waals surface area contributed by atoms with E-state index in [0.717, 1.165) is 12.8 Å². The van der Waals surface area contributed by atoms with Crippen LogP contribution in [0.15, 0.2) is 23.2 Å². The third kappa shape index (κ3) is 9.28. The highest BCUT2D eigenvalue weighted by Gasteiger charge is 2.68. The maximum atomic E-state index is 13.8. The van der Waals surface area contributed by atoms with Crippen molar-refractivity contribution in [2.75, 3.05) is 20.2 Å². The molecule has 3 saturated carbocycles. The van der Waals surface area contributed by atoms with Gasteiger partial charge in [0.1, 0.15) is 22.5 Å². The van der Waals surface area contributed by atoms with Crippen molar-refractivity contribution in [3.63, 3.8) is 0 Å². The van der Waals surface area contributed by atoms with E-state index in [1.165, 1.54) is 13.2 Å². The molecule has 2 aliphatic heterocycles. The Labute approximate surface area is 313 Å². The Morgan fingerprint density at radius 3 is 2.28 bits per heavy atom. The number of amides is 3. The number of likely N-dealkylation sites (tertiary alicyclic amines) is 1. The molecule has 1 aromatic carbocycles. The predicted molar refractivity (Wildman–Crippen MR) is 198 cm³/mol. The van der Waals surface area contributed by atoms with Crippen LogP contribution in [-0.4, -0.2) is 96.2 Å². The minimum absolute atomic E-state index is 0.000359. The number of alkyl carbamates (subject to hydrolysis) is 1. The number of carboxylic acids is 1. The molecule has 5 atom stereocenters. The number of rotatable bonds is 8.